The Kier molecular flexibility index (Phi) is 7.44. The van der Waals surface area contributed by atoms with Crippen LogP contribution in [0.4, 0.5) is 18.9 Å². The minimum absolute atomic E-state index is 0.0356. The van der Waals surface area contributed by atoms with Crippen molar-refractivity contribution in [2.75, 3.05) is 10.8 Å². The van der Waals surface area contributed by atoms with E-state index in [1.54, 1.807) is 45.0 Å². The molecule has 35 heavy (non-hydrogen) atoms. The fourth-order valence-electron chi connectivity index (χ4n) is 3.48. The molecular formula is C25H24F3NO5S. The van der Waals surface area contributed by atoms with E-state index in [1.807, 2.05) is 0 Å². The molecule has 0 atom stereocenters. The molecule has 0 amide bonds. The molecule has 3 aromatic carbocycles. The van der Waals surface area contributed by atoms with Crippen LogP contribution in [0.3, 0.4) is 0 Å². The number of anilines is 1. The molecule has 3 rings (SSSR count). The zero-order valence-corrected chi connectivity index (χ0v) is 20.1. The summed E-state index contributed by atoms with van der Waals surface area (Å²) in [5.74, 6) is -0.804. The summed E-state index contributed by atoms with van der Waals surface area (Å²) in [6, 6.07) is 13.4. The molecule has 186 valence electrons. The Morgan fingerprint density at radius 3 is 2.11 bits per heavy atom. The minimum Gasteiger partial charge on any atom is -0.489 e. The number of hydrogen-bond donors (Lipinski definition) is 1. The lowest BCUT2D eigenvalue weighted by Crippen LogP contribution is -2.31. The van der Waals surface area contributed by atoms with Crippen molar-refractivity contribution in [3.05, 3.63) is 88.5 Å². The molecule has 6 nitrogen and oxygen atoms in total. The molecule has 0 aromatic heterocycles. The summed E-state index contributed by atoms with van der Waals surface area (Å²) in [6.07, 6.45) is -4.41. The molecule has 3 aromatic rings. The van der Waals surface area contributed by atoms with Crippen molar-refractivity contribution < 1.29 is 36.2 Å². The van der Waals surface area contributed by atoms with E-state index in [4.69, 9.17) is 4.74 Å². The van der Waals surface area contributed by atoms with Crippen LogP contribution in [0.1, 0.15) is 39.5 Å². The second-order valence-electron chi connectivity index (χ2n) is 7.86. The Balaban J connectivity index is 1.79. The number of carboxylic acids is 1. The topological polar surface area (TPSA) is 83.9 Å². The van der Waals surface area contributed by atoms with E-state index in [-0.39, 0.29) is 23.6 Å². The van der Waals surface area contributed by atoms with Crippen LogP contribution in [-0.4, -0.2) is 26.0 Å². The van der Waals surface area contributed by atoms with Crippen LogP contribution >= 0.6 is 0 Å². The lowest BCUT2D eigenvalue weighted by molar-refractivity contribution is -0.137. The zero-order chi connectivity index (χ0) is 26.0. The molecule has 0 aliphatic heterocycles. The van der Waals surface area contributed by atoms with E-state index < -0.39 is 27.7 Å². The summed E-state index contributed by atoms with van der Waals surface area (Å²) in [4.78, 5) is 11.4. The number of benzene rings is 3. The number of carbonyl (C=O) groups is 1. The smallest absolute Gasteiger partial charge is 0.416 e. The van der Waals surface area contributed by atoms with E-state index in [1.165, 1.54) is 18.2 Å². The first-order valence-corrected chi connectivity index (χ1v) is 12.0. The number of ether oxygens (including phenoxy) is 1. The fourth-order valence-corrected chi connectivity index (χ4v) is 5.07. The van der Waals surface area contributed by atoms with Crippen molar-refractivity contribution in [2.24, 2.45) is 0 Å². The van der Waals surface area contributed by atoms with Gasteiger partial charge in [0.25, 0.3) is 10.0 Å². The van der Waals surface area contributed by atoms with E-state index >= 15 is 0 Å². The van der Waals surface area contributed by atoms with Gasteiger partial charge < -0.3 is 9.84 Å². The lowest BCUT2D eigenvalue weighted by atomic mass is 10.0. The Labute approximate surface area is 201 Å². The van der Waals surface area contributed by atoms with Gasteiger partial charge in [0.1, 0.15) is 12.4 Å². The Morgan fingerprint density at radius 2 is 1.60 bits per heavy atom. The largest absolute Gasteiger partial charge is 0.489 e. The molecule has 0 unspecified atom stereocenters. The number of carboxylic acid groups (broad SMARTS) is 1. The number of sulfonamides is 1. The highest BCUT2D eigenvalue weighted by Crippen LogP contribution is 2.30. The number of hydrogen-bond acceptors (Lipinski definition) is 4. The molecule has 0 aliphatic rings. The normalized spacial score (nSPS) is 11.8. The standard InChI is InChI=1S/C25H24F3NO5S/c1-4-29(35(32,33)22-13-16(2)17(3)23(14-22)24(30)31)20-9-11-21(12-10-20)34-15-18-5-7-19(8-6-18)25(26,27)28/h5-14H,4,15H2,1-3H3,(H,30,31). The number of rotatable bonds is 8. The minimum atomic E-state index is -4.41. The Morgan fingerprint density at radius 1 is 1.00 bits per heavy atom. The van der Waals surface area contributed by atoms with Crippen molar-refractivity contribution in [1.29, 1.82) is 0 Å². The molecule has 0 bridgehead atoms. The van der Waals surface area contributed by atoms with Gasteiger partial charge in [0.15, 0.2) is 0 Å². The van der Waals surface area contributed by atoms with E-state index in [9.17, 15) is 31.5 Å². The molecular weight excluding hydrogens is 483 g/mol. The van der Waals surface area contributed by atoms with Crippen LogP contribution in [0.5, 0.6) is 5.75 Å². The van der Waals surface area contributed by atoms with Crippen molar-refractivity contribution in [3.8, 4) is 5.75 Å². The second kappa shape index (κ2) is 9.99. The average Bonchev–Trinajstić information content (AvgIpc) is 2.80. The third kappa shape index (κ3) is 5.76. The van der Waals surface area contributed by atoms with Crippen molar-refractivity contribution >= 4 is 21.7 Å². The highest BCUT2D eigenvalue weighted by Gasteiger charge is 2.30. The maximum atomic E-state index is 13.3. The predicted octanol–water partition coefficient (Wildman–Crippen LogP) is 5.81. The van der Waals surface area contributed by atoms with E-state index in [2.05, 4.69) is 0 Å². The Bertz CT molecular complexity index is 1320. The SMILES string of the molecule is CCN(c1ccc(OCc2ccc(C(F)(F)F)cc2)cc1)S(=O)(=O)c1cc(C)c(C)c(C(=O)O)c1. The first-order chi connectivity index (χ1) is 16.3. The highest BCUT2D eigenvalue weighted by atomic mass is 32.2. The van der Waals surface area contributed by atoms with Crippen LogP contribution in [-0.2, 0) is 22.8 Å². The summed E-state index contributed by atoms with van der Waals surface area (Å²) in [6.45, 7) is 5.07. The number of aromatic carboxylic acids is 1. The quantitative estimate of drug-likeness (QED) is 0.416. The molecule has 0 saturated carbocycles. The molecule has 0 fully saturated rings. The maximum Gasteiger partial charge on any atom is 0.416 e. The van der Waals surface area contributed by atoms with E-state index in [0.29, 0.717) is 28.1 Å². The third-order valence-electron chi connectivity index (χ3n) is 5.56. The third-order valence-corrected chi connectivity index (χ3v) is 7.44. The first-order valence-electron chi connectivity index (χ1n) is 10.6. The van der Waals surface area contributed by atoms with Gasteiger partial charge in [0.05, 0.1) is 21.7 Å². The number of alkyl halides is 3. The summed E-state index contributed by atoms with van der Waals surface area (Å²) >= 11 is 0. The summed E-state index contributed by atoms with van der Waals surface area (Å²) in [5.41, 5.74) is 1.12. The molecule has 10 heteroatoms. The summed E-state index contributed by atoms with van der Waals surface area (Å²) < 4.78 is 71.5. The lowest BCUT2D eigenvalue weighted by Gasteiger charge is -2.24. The molecule has 0 aliphatic carbocycles. The zero-order valence-electron chi connectivity index (χ0n) is 19.3. The first kappa shape index (κ1) is 26.1. The van der Waals surface area contributed by atoms with Gasteiger partial charge in [-0.25, -0.2) is 13.2 Å². The summed E-state index contributed by atoms with van der Waals surface area (Å²) in [5, 5.41) is 9.43. The Hall–Kier alpha value is -3.53. The second-order valence-corrected chi connectivity index (χ2v) is 9.73. The van der Waals surface area contributed by atoms with Gasteiger partial charge in [-0.15, -0.1) is 0 Å². The van der Waals surface area contributed by atoms with Crippen LogP contribution in [0.15, 0.2) is 65.6 Å². The van der Waals surface area contributed by atoms with Gasteiger partial charge in [-0.3, -0.25) is 4.31 Å². The van der Waals surface area contributed by atoms with Crippen LogP contribution in [0.25, 0.3) is 0 Å². The van der Waals surface area contributed by atoms with Gasteiger partial charge in [0, 0.05) is 6.54 Å². The highest BCUT2D eigenvalue weighted by molar-refractivity contribution is 7.92. The molecule has 0 spiro atoms. The summed E-state index contributed by atoms with van der Waals surface area (Å²) in [7, 11) is -4.05. The van der Waals surface area contributed by atoms with Crippen LogP contribution in [0, 0.1) is 13.8 Å². The molecule has 0 heterocycles. The van der Waals surface area contributed by atoms with Gasteiger partial charge >= 0.3 is 12.1 Å². The van der Waals surface area contributed by atoms with Gasteiger partial charge in [-0.2, -0.15) is 13.2 Å². The monoisotopic (exact) mass is 507 g/mol. The van der Waals surface area contributed by atoms with Crippen molar-refractivity contribution in [2.45, 2.75) is 38.4 Å². The van der Waals surface area contributed by atoms with Crippen molar-refractivity contribution in [1.82, 2.24) is 0 Å². The molecule has 1 N–H and O–H groups in total. The molecule has 0 saturated heterocycles. The fraction of sp³-hybridized carbons (Fsp3) is 0.240. The van der Waals surface area contributed by atoms with Gasteiger partial charge in [-0.1, -0.05) is 12.1 Å². The van der Waals surface area contributed by atoms with Crippen molar-refractivity contribution in [3.63, 3.8) is 0 Å². The number of halogens is 3. The van der Waals surface area contributed by atoms with Gasteiger partial charge in [-0.05, 0) is 86.0 Å². The van der Waals surface area contributed by atoms with Gasteiger partial charge in [0.2, 0.25) is 0 Å². The van der Waals surface area contributed by atoms with Crippen LogP contribution in [0.2, 0.25) is 0 Å². The van der Waals surface area contributed by atoms with E-state index in [0.717, 1.165) is 22.5 Å². The van der Waals surface area contributed by atoms with Crippen LogP contribution < -0.4 is 9.04 Å². The number of nitrogens with zero attached hydrogens (tertiary/aromatic N) is 1. The maximum absolute atomic E-state index is 13.3. The number of aryl methyl sites for hydroxylation is 1. The molecule has 0 radical (unpaired) electrons. The predicted molar refractivity (Wildman–Crippen MR) is 125 cm³/mol. The average molecular weight is 508 g/mol.